The molecule has 1 aliphatic rings. The van der Waals surface area contributed by atoms with Gasteiger partial charge in [-0.2, -0.15) is 9.40 Å². The lowest BCUT2D eigenvalue weighted by Gasteiger charge is -2.15. The Bertz CT molecular complexity index is 1150. The number of aromatic nitrogens is 3. The molecule has 1 saturated heterocycles. The Balaban J connectivity index is 1.37. The van der Waals surface area contributed by atoms with Gasteiger partial charge in [-0.05, 0) is 61.4 Å². The monoisotopic (exact) mass is 441 g/mol. The molecule has 2 aromatic carbocycles. The fourth-order valence-electron chi connectivity index (χ4n) is 3.37. The van der Waals surface area contributed by atoms with Gasteiger partial charge in [0.1, 0.15) is 11.6 Å². The summed E-state index contributed by atoms with van der Waals surface area (Å²) in [4.78, 5) is 17.0. The molecule has 0 spiro atoms. The number of hydrogen-bond donors (Lipinski definition) is 2. The fourth-order valence-corrected chi connectivity index (χ4v) is 4.88. The lowest BCUT2D eigenvalue weighted by molar-refractivity contribution is 0.0950. The molecule has 0 unspecified atom stereocenters. The first-order valence-corrected chi connectivity index (χ1v) is 11.4. The van der Waals surface area contributed by atoms with Crippen LogP contribution in [0.3, 0.4) is 0 Å². The number of benzene rings is 2. The van der Waals surface area contributed by atoms with Crippen molar-refractivity contribution >= 4 is 15.9 Å². The van der Waals surface area contributed by atoms with Crippen LogP contribution in [0.25, 0.3) is 11.4 Å². The summed E-state index contributed by atoms with van der Waals surface area (Å²) in [7, 11) is -1.89. The molecular formula is C21H23N5O4S. The van der Waals surface area contributed by atoms with E-state index < -0.39 is 10.0 Å². The number of carbonyl (C=O) groups excluding carboxylic acids is 1. The lowest BCUT2D eigenvalue weighted by Crippen LogP contribution is -2.28. The predicted molar refractivity (Wildman–Crippen MR) is 114 cm³/mol. The maximum Gasteiger partial charge on any atom is 0.251 e. The second-order valence-electron chi connectivity index (χ2n) is 7.15. The maximum atomic E-state index is 12.6. The van der Waals surface area contributed by atoms with Crippen LogP contribution in [0, 0.1) is 0 Å². The summed E-state index contributed by atoms with van der Waals surface area (Å²) in [6.07, 6.45) is 1.75. The van der Waals surface area contributed by atoms with Gasteiger partial charge in [0.2, 0.25) is 10.0 Å². The van der Waals surface area contributed by atoms with Gasteiger partial charge in [-0.1, -0.05) is 0 Å². The van der Waals surface area contributed by atoms with Crippen molar-refractivity contribution in [1.29, 1.82) is 0 Å². The third-order valence-corrected chi connectivity index (χ3v) is 7.03. The summed E-state index contributed by atoms with van der Waals surface area (Å²) in [6, 6.07) is 13.3. The summed E-state index contributed by atoms with van der Waals surface area (Å²) in [6.45, 7) is 1.25. The molecule has 0 atom stereocenters. The molecule has 0 radical (unpaired) electrons. The van der Waals surface area contributed by atoms with Crippen molar-refractivity contribution in [2.75, 3.05) is 20.2 Å². The van der Waals surface area contributed by atoms with Crippen molar-refractivity contribution < 1.29 is 17.9 Å². The molecule has 4 rings (SSSR count). The molecule has 31 heavy (non-hydrogen) atoms. The third-order valence-electron chi connectivity index (χ3n) is 5.12. The minimum absolute atomic E-state index is 0.163. The highest BCUT2D eigenvalue weighted by Crippen LogP contribution is 2.21. The molecule has 2 N–H and O–H groups in total. The Labute approximate surface area is 180 Å². The largest absolute Gasteiger partial charge is 0.497 e. The number of nitrogens with zero attached hydrogens (tertiary/aromatic N) is 3. The zero-order chi connectivity index (χ0) is 21.8. The normalized spacial score (nSPS) is 14.5. The Morgan fingerprint density at radius 2 is 1.77 bits per heavy atom. The standard InChI is InChI=1S/C21H23N5O4S/c1-30-17-8-4-15(5-9-17)20-23-19(24-25-20)14-22-21(27)16-6-10-18(11-7-16)31(28,29)26-12-2-3-13-26/h4-11H,2-3,12-14H2,1H3,(H,22,27)(H,23,24,25). The van der Waals surface area contributed by atoms with E-state index in [1.54, 1.807) is 7.11 Å². The number of amides is 1. The molecule has 10 heteroatoms. The van der Waals surface area contributed by atoms with Crippen molar-refractivity contribution in [3.63, 3.8) is 0 Å². The molecule has 1 aliphatic heterocycles. The van der Waals surface area contributed by atoms with Gasteiger partial charge in [0.05, 0.1) is 18.6 Å². The van der Waals surface area contributed by atoms with Gasteiger partial charge in [0, 0.05) is 24.2 Å². The highest BCUT2D eigenvalue weighted by atomic mass is 32.2. The zero-order valence-electron chi connectivity index (χ0n) is 17.0. The quantitative estimate of drug-likeness (QED) is 0.580. The van der Waals surface area contributed by atoms with E-state index in [2.05, 4.69) is 20.5 Å². The zero-order valence-corrected chi connectivity index (χ0v) is 17.9. The van der Waals surface area contributed by atoms with E-state index >= 15 is 0 Å². The van der Waals surface area contributed by atoms with Gasteiger partial charge in [0.15, 0.2) is 5.82 Å². The van der Waals surface area contributed by atoms with Crippen LogP contribution in [0.2, 0.25) is 0 Å². The van der Waals surface area contributed by atoms with Gasteiger partial charge in [-0.15, -0.1) is 0 Å². The molecule has 0 bridgehead atoms. The predicted octanol–water partition coefficient (Wildman–Crippen LogP) is 2.19. The van der Waals surface area contributed by atoms with Crippen molar-refractivity contribution in [3.05, 3.63) is 59.9 Å². The minimum Gasteiger partial charge on any atom is -0.497 e. The fraction of sp³-hybridized carbons (Fsp3) is 0.286. The molecule has 0 aliphatic carbocycles. The minimum atomic E-state index is -3.49. The Morgan fingerprint density at radius 1 is 1.10 bits per heavy atom. The number of methoxy groups -OCH3 is 1. The molecule has 1 aromatic heterocycles. The number of ether oxygens (including phenoxy) is 1. The van der Waals surface area contributed by atoms with Crippen LogP contribution in [0.1, 0.15) is 29.0 Å². The molecule has 9 nitrogen and oxygen atoms in total. The van der Waals surface area contributed by atoms with E-state index in [0.29, 0.717) is 30.3 Å². The van der Waals surface area contributed by atoms with E-state index in [9.17, 15) is 13.2 Å². The Kier molecular flexibility index (Phi) is 6.01. The molecule has 3 aromatic rings. The SMILES string of the molecule is COc1ccc(-c2n[nH]c(CNC(=O)c3ccc(S(=O)(=O)N4CCCC4)cc3)n2)cc1. The molecule has 1 fully saturated rings. The second kappa shape index (κ2) is 8.86. The number of H-pyrrole nitrogens is 1. The summed E-state index contributed by atoms with van der Waals surface area (Å²) in [5, 5.41) is 9.74. The van der Waals surface area contributed by atoms with E-state index in [1.165, 1.54) is 28.6 Å². The summed E-state index contributed by atoms with van der Waals surface area (Å²) >= 11 is 0. The topological polar surface area (TPSA) is 117 Å². The van der Waals surface area contributed by atoms with Gasteiger partial charge < -0.3 is 10.1 Å². The van der Waals surface area contributed by atoms with E-state index in [0.717, 1.165) is 24.2 Å². The van der Waals surface area contributed by atoms with Gasteiger partial charge >= 0.3 is 0 Å². The highest BCUT2D eigenvalue weighted by molar-refractivity contribution is 7.89. The van der Waals surface area contributed by atoms with E-state index in [4.69, 9.17) is 4.74 Å². The van der Waals surface area contributed by atoms with Gasteiger partial charge in [0.25, 0.3) is 5.91 Å². The van der Waals surface area contributed by atoms with E-state index in [-0.39, 0.29) is 17.3 Å². The number of nitrogens with one attached hydrogen (secondary N) is 2. The van der Waals surface area contributed by atoms with Crippen molar-refractivity contribution in [1.82, 2.24) is 24.8 Å². The summed E-state index contributed by atoms with van der Waals surface area (Å²) in [5.41, 5.74) is 1.19. The first-order chi connectivity index (χ1) is 15.0. The van der Waals surface area contributed by atoms with Crippen LogP contribution in [0.4, 0.5) is 0 Å². The number of aromatic amines is 1. The maximum absolute atomic E-state index is 12.6. The summed E-state index contributed by atoms with van der Waals surface area (Å²) < 4.78 is 31.8. The molecule has 2 heterocycles. The second-order valence-corrected chi connectivity index (χ2v) is 9.09. The Morgan fingerprint density at radius 3 is 2.42 bits per heavy atom. The van der Waals surface area contributed by atoms with Crippen LogP contribution in [0.15, 0.2) is 53.4 Å². The van der Waals surface area contributed by atoms with Crippen molar-refractivity contribution in [3.8, 4) is 17.1 Å². The van der Waals surface area contributed by atoms with Crippen LogP contribution in [-0.4, -0.2) is 54.0 Å². The first kappa shape index (κ1) is 21.0. The molecule has 1 amide bonds. The van der Waals surface area contributed by atoms with Gasteiger partial charge in [-0.25, -0.2) is 13.4 Å². The number of carbonyl (C=O) groups is 1. The average molecular weight is 442 g/mol. The van der Waals surface area contributed by atoms with Crippen LogP contribution < -0.4 is 10.1 Å². The van der Waals surface area contributed by atoms with Gasteiger partial charge in [-0.3, -0.25) is 9.89 Å². The number of rotatable bonds is 7. The molecule has 0 saturated carbocycles. The lowest BCUT2D eigenvalue weighted by atomic mass is 10.2. The Hall–Kier alpha value is -3.24. The number of hydrogen-bond acceptors (Lipinski definition) is 6. The molecule has 162 valence electrons. The first-order valence-electron chi connectivity index (χ1n) is 9.91. The van der Waals surface area contributed by atoms with E-state index in [1.807, 2.05) is 24.3 Å². The third kappa shape index (κ3) is 4.59. The molecular weight excluding hydrogens is 418 g/mol. The number of sulfonamides is 1. The van der Waals surface area contributed by atoms with Crippen LogP contribution >= 0.6 is 0 Å². The average Bonchev–Trinajstić information content (AvgIpc) is 3.50. The van der Waals surface area contributed by atoms with Crippen LogP contribution in [0.5, 0.6) is 5.75 Å². The van der Waals surface area contributed by atoms with Crippen LogP contribution in [-0.2, 0) is 16.6 Å². The highest BCUT2D eigenvalue weighted by Gasteiger charge is 2.27. The van der Waals surface area contributed by atoms with Crippen molar-refractivity contribution in [2.24, 2.45) is 0 Å². The van der Waals surface area contributed by atoms with Crippen molar-refractivity contribution in [2.45, 2.75) is 24.3 Å². The summed E-state index contributed by atoms with van der Waals surface area (Å²) in [5.74, 6) is 1.44. The smallest absolute Gasteiger partial charge is 0.251 e.